The molecular formula is C15H16BrClN4S. The van der Waals surface area contributed by atoms with Gasteiger partial charge in [-0.15, -0.1) is 23.7 Å². The molecule has 2 heterocycles. The predicted octanol–water partition coefficient (Wildman–Crippen LogP) is 5.09. The summed E-state index contributed by atoms with van der Waals surface area (Å²) in [5.74, 6) is 0.948. The molecule has 116 valence electrons. The third-order valence-electron chi connectivity index (χ3n) is 3.15. The Labute approximate surface area is 148 Å². The number of hydrogen-bond donors (Lipinski definition) is 1. The largest absolute Gasteiger partial charge is 0.316 e. The molecular weight excluding hydrogens is 384 g/mol. The number of benzene rings is 1. The van der Waals surface area contributed by atoms with Crippen LogP contribution in [0, 0.1) is 13.8 Å². The summed E-state index contributed by atoms with van der Waals surface area (Å²) < 4.78 is 2.90. The van der Waals surface area contributed by atoms with E-state index in [1.807, 2.05) is 36.9 Å². The maximum absolute atomic E-state index is 4.71. The average molecular weight is 400 g/mol. The number of aromatic nitrogens is 3. The average Bonchev–Trinajstić information content (AvgIpc) is 2.94. The molecule has 0 saturated heterocycles. The van der Waals surface area contributed by atoms with E-state index in [4.69, 9.17) is 4.98 Å². The summed E-state index contributed by atoms with van der Waals surface area (Å²) in [6, 6.07) is 10.2. The molecule has 1 aromatic carbocycles. The van der Waals surface area contributed by atoms with Crippen LogP contribution in [-0.4, -0.2) is 14.8 Å². The molecule has 4 nitrogen and oxygen atoms in total. The first-order valence-corrected chi connectivity index (χ1v) is 8.15. The Morgan fingerprint density at radius 3 is 2.45 bits per heavy atom. The van der Waals surface area contributed by atoms with Crippen molar-refractivity contribution >= 4 is 50.6 Å². The van der Waals surface area contributed by atoms with Crippen LogP contribution in [0.3, 0.4) is 0 Å². The SMILES string of the molecule is Cc1cc(Nc2nc(-c3ccc(Br)cc3)c(C)s2)n(C)n1.Cl. The third-order valence-corrected chi connectivity index (χ3v) is 4.57. The molecule has 0 amide bonds. The highest BCUT2D eigenvalue weighted by Gasteiger charge is 2.11. The van der Waals surface area contributed by atoms with Crippen molar-refractivity contribution in [2.45, 2.75) is 13.8 Å². The standard InChI is InChI=1S/C15H15BrN4S.ClH/c1-9-8-13(20(3)19-9)17-15-18-14(10(2)21-15)11-4-6-12(16)7-5-11;/h4-8H,1-3H3,(H,17,18);1H. The van der Waals surface area contributed by atoms with E-state index in [0.717, 1.165) is 32.4 Å². The van der Waals surface area contributed by atoms with Gasteiger partial charge in [0.25, 0.3) is 0 Å². The molecule has 3 aromatic rings. The lowest BCUT2D eigenvalue weighted by Gasteiger charge is -2.01. The van der Waals surface area contributed by atoms with E-state index in [1.54, 1.807) is 11.3 Å². The van der Waals surface area contributed by atoms with Crippen LogP contribution in [0.25, 0.3) is 11.3 Å². The molecule has 0 aliphatic carbocycles. The van der Waals surface area contributed by atoms with E-state index in [9.17, 15) is 0 Å². The minimum absolute atomic E-state index is 0. The Balaban J connectivity index is 0.00000176. The molecule has 3 rings (SSSR count). The summed E-state index contributed by atoms with van der Waals surface area (Å²) in [6.45, 7) is 4.07. The van der Waals surface area contributed by atoms with Gasteiger partial charge in [0.05, 0.1) is 11.4 Å². The molecule has 0 aliphatic heterocycles. The molecule has 22 heavy (non-hydrogen) atoms. The highest BCUT2D eigenvalue weighted by molar-refractivity contribution is 9.10. The molecule has 0 fully saturated rings. The minimum atomic E-state index is 0. The summed E-state index contributed by atoms with van der Waals surface area (Å²) in [5, 5.41) is 8.55. The van der Waals surface area contributed by atoms with E-state index < -0.39 is 0 Å². The van der Waals surface area contributed by atoms with Gasteiger partial charge in [-0.3, -0.25) is 4.68 Å². The lowest BCUT2D eigenvalue weighted by atomic mass is 10.1. The van der Waals surface area contributed by atoms with E-state index in [-0.39, 0.29) is 12.4 Å². The Kier molecular flexibility index (Phi) is 5.26. The minimum Gasteiger partial charge on any atom is -0.316 e. The van der Waals surface area contributed by atoms with Gasteiger partial charge in [0.15, 0.2) is 5.13 Å². The van der Waals surface area contributed by atoms with Crippen LogP contribution in [0.4, 0.5) is 10.9 Å². The van der Waals surface area contributed by atoms with Crippen LogP contribution in [0.5, 0.6) is 0 Å². The van der Waals surface area contributed by atoms with Crippen molar-refractivity contribution in [3.63, 3.8) is 0 Å². The topological polar surface area (TPSA) is 42.7 Å². The number of halogens is 2. The maximum atomic E-state index is 4.71. The lowest BCUT2D eigenvalue weighted by Crippen LogP contribution is -1.98. The molecule has 1 N–H and O–H groups in total. The molecule has 2 aromatic heterocycles. The van der Waals surface area contributed by atoms with Gasteiger partial charge in [-0.1, -0.05) is 28.1 Å². The first-order valence-electron chi connectivity index (χ1n) is 6.54. The first kappa shape index (κ1) is 17.0. The molecule has 0 bridgehead atoms. The van der Waals surface area contributed by atoms with E-state index >= 15 is 0 Å². The molecule has 0 unspecified atom stereocenters. The second kappa shape index (κ2) is 6.81. The van der Waals surface area contributed by atoms with Gasteiger partial charge < -0.3 is 5.32 Å². The number of aryl methyl sites for hydroxylation is 3. The van der Waals surface area contributed by atoms with Crippen LogP contribution in [0.2, 0.25) is 0 Å². The Morgan fingerprint density at radius 2 is 1.86 bits per heavy atom. The molecule has 0 atom stereocenters. The fourth-order valence-corrected chi connectivity index (χ4v) is 3.27. The van der Waals surface area contributed by atoms with Crippen molar-refractivity contribution < 1.29 is 0 Å². The second-order valence-electron chi connectivity index (χ2n) is 4.85. The molecule has 0 aliphatic rings. The number of rotatable bonds is 3. The van der Waals surface area contributed by atoms with Gasteiger partial charge in [0, 0.05) is 28.0 Å². The molecule has 0 radical (unpaired) electrons. The molecule has 0 spiro atoms. The lowest BCUT2D eigenvalue weighted by molar-refractivity contribution is 0.765. The van der Waals surface area contributed by atoms with Gasteiger partial charge >= 0.3 is 0 Å². The van der Waals surface area contributed by atoms with Gasteiger partial charge in [0.1, 0.15) is 5.82 Å². The highest BCUT2D eigenvalue weighted by Crippen LogP contribution is 2.32. The summed E-state index contributed by atoms with van der Waals surface area (Å²) >= 11 is 5.11. The van der Waals surface area contributed by atoms with Crippen molar-refractivity contribution in [3.05, 3.63) is 45.4 Å². The summed E-state index contributed by atoms with van der Waals surface area (Å²) in [7, 11) is 1.92. The fourth-order valence-electron chi connectivity index (χ4n) is 2.16. The monoisotopic (exact) mass is 398 g/mol. The molecule has 0 saturated carbocycles. The Bertz CT molecular complexity index is 779. The maximum Gasteiger partial charge on any atom is 0.189 e. The van der Waals surface area contributed by atoms with Crippen molar-refractivity contribution in [3.8, 4) is 11.3 Å². The smallest absolute Gasteiger partial charge is 0.189 e. The van der Waals surface area contributed by atoms with Crippen LogP contribution in [0.15, 0.2) is 34.8 Å². The zero-order chi connectivity index (χ0) is 15.0. The van der Waals surface area contributed by atoms with Gasteiger partial charge in [0.2, 0.25) is 0 Å². The summed E-state index contributed by atoms with van der Waals surface area (Å²) in [6.07, 6.45) is 0. The number of thiazole rings is 1. The van der Waals surface area contributed by atoms with Crippen molar-refractivity contribution in [2.75, 3.05) is 5.32 Å². The predicted molar refractivity (Wildman–Crippen MR) is 98.5 cm³/mol. The quantitative estimate of drug-likeness (QED) is 0.667. The third kappa shape index (κ3) is 3.51. The highest BCUT2D eigenvalue weighted by atomic mass is 79.9. The van der Waals surface area contributed by atoms with Crippen molar-refractivity contribution in [1.82, 2.24) is 14.8 Å². The Morgan fingerprint density at radius 1 is 1.18 bits per heavy atom. The van der Waals surface area contributed by atoms with Crippen molar-refractivity contribution in [1.29, 1.82) is 0 Å². The Hall–Kier alpha value is -1.37. The van der Waals surface area contributed by atoms with Crippen LogP contribution < -0.4 is 5.32 Å². The molecule has 7 heteroatoms. The zero-order valence-corrected chi connectivity index (χ0v) is 15.6. The van der Waals surface area contributed by atoms with Gasteiger partial charge in [-0.05, 0) is 26.0 Å². The van der Waals surface area contributed by atoms with Gasteiger partial charge in [-0.2, -0.15) is 5.10 Å². The van der Waals surface area contributed by atoms with E-state index in [1.165, 1.54) is 4.88 Å². The number of anilines is 2. The normalized spacial score (nSPS) is 10.4. The number of hydrogen-bond acceptors (Lipinski definition) is 4. The zero-order valence-electron chi connectivity index (χ0n) is 12.4. The number of nitrogens with zero attached hydrogens (tertiary/aromatic N) is 3. The first-order chi connectivity index (χ1) is 10.0. The van der Waals surface area contributed by atoms with Crippen LogP contribution in [0.1, 0.15) is 10.6 Å². The van der Waals surface area contributed by atoms with E-state index in [2.05, 4.69) is 45.4 Å². The van der Waals surface area contributed by atoms with E-state index in [0.29, 0.717) is 0 Å². The van der Waals surface area contributed by atoms with Crippen LogP contribution in [-0.2, 0) is 7.05 Å². The van der Waals surface area contributed by atoms with Gasteiger partial charge in [-0.25, -0.2) is 4.98 Å². The second-order valence-corrected chi connectivity index (χ2v) is 6.97. The summed E-state index contributed by atoms with van der Waals surface area (Å²) in [4.78, 5) is 5.90. The van der Waals surface area contributed by atoms with Crippen LogP contribution >= 0.6 is 39.7 Å². The van der Waals surface area contributed by atoms with Crippen molar-refractivity contribution in [2.24, 2.45) is 7.05 Å². The number of nitrogens with one attached hydrogen (secondary N) is 1. The fraction of sp³-hybridized carbons (Fsp3) is 0.200. The summed E-state index contributed by atoms with van der Waals surface area (Å²) in [5.41, 5.74) is 3.14.